The molecule has 1 fully saturated rings. The standard InChI is InChI=1S/C11H24N2O/c1-13-9-4-3-5-11(13)6-7-12-8-10-14-2/h11-12H,3-10H2,1-2H3. The van der Waals surface area contributed by atoms with Crippen LogP contribution in [0, 0.1) is 0 Å². The van der Waals surface area contributed by atoms with Crippen molar-refractivity contribution in [3.05, 3.63) is 0 Å². The molecule has 1 heterocycles. The predicted octanol–water partition coefficient (Wildman–Crippen LogP) is 1.10. The van der Waals surface area contributed by atoms with Crippen LogP contribution in [0.5, 0.6) is 0 Å². The van der Waals surface area contributed by atoms with Gasteiger partial charge in [-0.05, 0) is 39.4 Å². The van der Waals surface area contributed by atoms with Gasteiger partial charge in [0.15, 0.2) is 0 Å². The summed E-state index contributed by atoms with van der Waals surface area (Å²) in [5, 5.41) is 3.40. The summed E-state index contributed by atoms with van der Waals surface area (Å²) in [6, 6.07) is 0.804. The number of hydrogen-bond donors (Lipinski definition) is 1. The summed E-state index contributed by atoms with van der Waals surface area (Å²) in [5.74, 6) is 0. The van der Waals surface area contributed by atoms with E-state index in [1.54, 1.807) is 7.11 Å². The summed E-state index contributed by atoms with van der Waals surface area (Å²) in [6.45, 7) is 4.20. The molecule has 0 amide bonds. The molecule has 0 aliphatic carbocycles. The van der Waals surface area contributed by atoms with Crippen LogP contribution in [0.25, 0.3) is 0 Å². The van der Waals surface area contributed by atoms with Crippen molar-refractivity contribution >= 4 is 0 Å². The molecule has 0 saturated carbocycles. The second-order valence-corrected chi connectivity index (χ2v) is 4.16. The number of nitrogens with one attached hydrogen (secondary N) is 1. The van der Waals surface area contributed by atoms with E-state index in [4.69, 9.17) is 4.74 Å². The number of hydrogen-bond acceptors (Lipinski definition) is 3. The molecule has 84 valence electrons. The summed E-state index contributed by atoms with van der Waals surface area (Å²) < 4.78 is 4.98. The first-order chi connectivity index (χ1) is 6.84. The predicted molar refractivity (Wildman–Crippen MR) is 59.6 cm³/mol. The quantitative estimate of drug-likeness (QED) is 0.650. The van der Waals surface area contributed by atoms with Gasteiger partial charge in [0, 0.05) is 19.7 Å². The van der Waals surface area contributed by atoms with E-state index in [1.807, 2.05) is 0 Å². The third kappa shape index (κ3) is 4.40. The number of rotatable bonds is 6. The Morgan fingerprint density at radius 1 is 1.36 bits per heavy atom. The third-order valence-electron chi connectivity index (χ3n) is 3.06. The van der Waals surface area contributed by atoms with E-state index in [-0.39, 0.29) is 0 Å². The van der Waals surface area contributed by atoms with Crippen molar-refractivity contribution in [1.82, 2.24) is 10.2 Å². The Balaban J connectivity index is 1.99. The first kappa shape index (κ1) is 12.0. The summed E-state index contributed by atoms with van der Waals surface area (Å²) >= 11 is 0. The lowest BCUT2D eigenvalue weighted by atomic mass is 10.0. The molecular weight excluding hydrogens is 176 g/mol. The maximum absolute atomic E-state index is 4.98. The molecule has 1 aliphatic heterocycles. The van der Waals surface area contributed by atoms with Crippen LogP contribution in [0.1, 0.15) is 25.7 Å². The van der Waals surface area contributed by atoms with Gasteiger partial charge < -0.3 is 15.0 Å². The van der Waals surface area contributed by atoms with Gasteiger partial charge in [0.2, 0.25) is 0 Å². The van der Waals surface area contributed by atoms with Crippen LogP contribution >= 0.6 is 0 Å². The van der Waals surface area contributed by atoms with Crippen LogP contribution in [0.3, 0.4) is 0 Å². The number of likely N-dealkylation sites (tertiary alicyclic amines) is 1. The number of methoxy groups -OCH3 is 1. The Morgan fingerprint density at radius 3 is 2.93 bits per heavy atom. The highest BCUT2D eigenvalue weighted by atomic mass is 16.5. The van der Waals surface area contributed by atoms with Crippen molar-refractivity contribution in [2.75, 3.05) is 40.4 Å². The Kier molecular flexibility index (Phi) is 6.15. The van der Waals surface area contributed by atoms with Gasteiger partial charge in [0.05, 0.1) is 6.61 Å². The molecule has 3 nitrogen and oxygen atoms in total. The van der Waals surface area contributed by atoms with E-state index in [2.05, 4.69) is 17.3 Å². The van der Waals surface area contributed by atoms with Gasteiger partial charge in [-0.1, -0.05) is 6.42 Å². The van der Waals surface area contributed by atoms with Crippen molar-refractivity contribution in [1.29, 1.82) is 0 Å². The third-order valence-corrected chi connectivity index (χ3v) is 3.06. The lowest BCUT2D eigenvalue weighted by molar-refractivity contribution is 0.171. The average Bonchev–Trinajstić information content (AvgIpc) is 2.20. The number of piperidine rings is 1. The fraction of sp³-hybridized carbons (Fsp3) is 1.00. The Morgan fingerprint density at radius 2 is 2.21 bits per heavy atom. The van der Waals surface area contributed by atoms with Crippen LogP contribution in [0.15, 0.2) is 0 Å². The fourth-order valence-electron chi connectivity index (χ4n) is 2.08. The summed E-state index contributed by atoms with van der Waals surface area (Å²) in [4.78, 5) is 2.50. The molecule has 1 unspecified atom stereocenters. The molecule has 0 radical (unpaired) electrons. The zero-order chi connectivity index (χ0) is 10.2. The summed E-state index contributed by atoms with van der Waals surface area (Å²) in [7, 11) is 4.00. The van der Waals surface area contributed by atoms with Crippen molar-refractivity contribution in [2.45, 2.75) is 31.7 Å². The van der Waals surface area contributed by atoms with Gasteiger partial charge in [-0.15, -0.1) is 0 Å². The zero-order valence-corrected chi connectivity index (χ0v) is 9.59. The molecule has 1 N–H and O–H groups in total. The number of nitrogens with zero attached hydrogens (tertiary/aromatic N) is 1. The van der Waals surface area contributed by atoms with Gasteiger partial charge >= 0.3 is 0 Å². The van der Waals surface area contributed by atoms with E-state index >= 15 is 0 Å². The highest BCUT2D eigenvalue weighted by molar-refractivity contribution is 4.74. The molecule has 0 spiro atoms. The number of ether oxygens (including phenoxy) is 1. The maximum Gasteiger partial charge on any atom is 0.0587 e. The van der Waals surface area contributed by atoms with Crippen molar-refractivity contribution < 1.29 is 4.74 Å². The second kappa shape index (κ2) is 7.21. The SMILES string of the molecule is COCCNCCC1CCCCN1C. The van der Waals surface area contributed by atoms with E-state index in [0.717, 1.165) is 25.7 Å². The van der Waals surface area contributed by atoms with Crippen LogP contribution in [-0.4, -0.2) is 51.3 Å². The van der Waals surface area contributed by atoms with Gasteiger partial charge in [0.25, 0.3) is 0 Å². The van der Waals surface area contributed by atoms with Gasteiger partial charge in [0.1, 0.15) is 0 Å². The smallest absolute Gasteiger partial charge is 0.0587 e. The van der Waals surface area contributed by atoms with E-state index in [0.29, 0.717) is 0 Å². The molecule has 3 heteroatoms. The normalized spacial score (nSPS) is 24.0. The fourth-order valence-corrected chi connectivity index (χ4v) is 2.08. The minimum absolute atomic E-state index is 0.804. The lowest BCUT2D eigenvalue weighted by Crippen LogP contribution is -2.38. The van der Waals surface area contributed by atoms with Crippen LogP contribution in [0.2, 0.25) is 0 Å². The topological polar surface area (TPSA) is 24.5 Å². The summed E-state index contributed by atoms with van der Waals surface area (Å²) in [5.41, 5.74) is 0. The van der Waals surface area contributed by atoms with Gasteiger partial charge in [-0.3, -0.25) is 0 Å². The molecule has 14 heavy (non-hydrogen) atoms. The molecule has 1 aliphatic rings. The highest BCUT2D eigenvalue weighted by Crippen LogP contribution is 2.16. The van der Waals surface area contributed by atoms with Crippen LogP contribution < -0.4 is 5.32 Å². The molecule has 0 aromatic rings. The van der Waals surface area contributed by atoms with Gasteiger partial charge in [-0.25, -0.2) is 0 Å². The minimum atomic E-state index is 0.804. The molecule has 0 aromatic carbocycles. The Hall–Kier alpha value is -0.120. The highest BCUT2D eigenvalue weighted by Gasteiger charge is 2.17. The average molecular weight is 200 g/mol. The van der Waals surface area contributed by atoms with Crippen LogP contribution in [-0.2, 0) is 4.74 Å². The molecular formula is C11H24N2O. The van der Waals surface area contributed by atoms with Gasteiger partial charge in [-0.2, -0.15) is 0 Å². The van der Waals surface area contributed by atoms with Crippen LogP contribution in [0.4, 0.5) is 0 Å². The monoisotopic (exact) mass is 200 g/mol. The van der Waals surface area contributed by atoms with Crippen molar-refractivity contribution in [2.24, 2.45) is 0 Å². The van der Waals surface area contributed by atoms with E-state index in [1.165, 1.54) is 32.2 Å². The molecule has 1 rings (SSSR count). The van der Waals surface area contributed by atoms with Crippen molar-refractivity contribution in [3.63, 3.8) is 0 Å². The van der Waals surface area contributed by atoms with Crippen molar-refractivity contribution in [3.8, 4) is 0 Å². The Bertz CT molecular complexity index is 141. The largest absolute Gasteiger partial charge is 0.383 e. The first-order valence-electron chi connectivity index (χ1n) is 5.74. The molecule has 0 aromatic heterocycles. The van der Waals surface area contributed by atoms with E-state index in [9.17, 15) is 0 Å². The Labute approximate surface area is 87.8 Å². The molecule has 0 bridgehead atoms. The minimum Gasteiger partial charge on any atom is -0.383 e. The molecule has 1 saturated heterocycles. The second-order valence-electron chi connectivity index (χ2n) is 4.16. The lowest BCUT2D eigenvalue weighted by Gasteiger charge is -2.32. The van der Waals surface area contributed by atoms with E-state index < -0.39 is 0 Å². The maximum atomic E-state index is 4.98. The summed E-state index contributed by atoms with van der Waals surface area (Å²) in [6.07, 6.45) is 5.44. The zero-order valence-electron chi connectivity index (χ0n) is 9.59. The molecule has 1 atom stereocenters. The first-order valence-corrected chi connectivity index (χ1v) is 5.74.